The van der Waals surface area contributed by atoms with E-state index in [4.69, 9.17) is 19.4 Å². The third-order valence-electron chi connectivity index (χ3n) is 4.40. The Morgan fingerprint density at radius 3 is 2.23 bits per heavy atom. The number of carbonyl (C=O) groups is 1. The molecule has 0 saturated heterocycles. The number of carboxylic acid groups (broad SMARTS) is 1. The third-order valence-corrected chi connectivity index (χ3v) is 4.40. The minimum absolute atomic E-state index is 0.543. The van der Waals surface area contributed by atoms with Gasteiger partial charge in [-0.1, -0.05) is 18.2 Å². The number of alkyl halides is 3. The van der Waals surface area contributed by atoms with Crippen LogP contribution in [0, 0.1) is 0 Å². The first-order valence-corrected chi connectivity index (χ1v) is 10.1. The normalized spacial score (nSPS) is 10.5. The molecular weight excluding hydrogens is 463 g/mol. The summed E-state index contributed by atoms with van der Waals surface area (Å²) in [6.07, 6.45) is -1.61. The van der Waals surface area contributed by atoms with Gasteiger partial charge in [0.05, 0.1) is 7.11 Å². The van der Waals surface area contributed by atoms with Gasteiger partial charge in [-0.3, -0.25) is 0 Å². The van der Waals surface area contributed by atoms with Crippen molar-refractivity contribution in [3.8, 4) is 28.5 Å². The Kier molecular flexibility index (Phi) is 8.23. The Morgan fingerprint density at radius 2 is 1.60 bits per heavy atom. The van der Waals surface area contributed by atoms with Crippen LogP contribution < -0.4 is 14.8 Å². The van der Waals surface area contributed by atoms with Crippen molar-refractivity contribution in [2.45, 2.75) is 6.18 Å². The van der Waals surface area contributed by atoms with Crippen LogP contribution in [0.3, 0.4) is 0 Å². The molecule has 4 rings (SSSR count). The van der Waals surface area contributed by atoms with Crippen LogP contribution in [0.5, 0.6) is 17.4 Å². The van der Waals surface area contributed by atoms with Gasteiger partial charge in [0, 0.05) is 23.6 Å². The standard InChI is InChI=1S/C23H19N3O2.C2HF3O2/c1-27-20-7-4-6-17(16-20)21-8-5-15-25-23(21)28-19-12-10-18(11-13-19)26-22-9-2-3-14-24-22;3-2(4,5)1(6)7/h2-16H,1H3,(H,24,26);(H,6,7). The Morgan fingerprint density at radius 1 is 0.886 bits per heavy atom. The lowest BCUT2D eigenvalue weighted by Crippen LogP contribution is -2.21. The number of benzene rings is 2. The van der Waals surface area contributed by atoms with Crippen LogP contribution in [0.2, 0.25) is 0 Å². The van der Waals surface area contributed by atoms with Crippen LogP contribution in [-0.2, 0) is 4.79 Å². The molecule has 180 valence electrons. The summed E-state index contributed by atoms with van der Waals surface area (Å²) in [6.45, 7) is 0. The molecule has 2 N–H and O–H groups in total. The Balaban J connectivity index is 0.000000429. The van der Waals surface area contributed by atoms with Gasteiger partial charge in [0.1, 0.15) is 17.3 Å². The number of halogens is 3. The smallest absolute Gasteiger partial charge is 0.490 e. The van der Waals surface area contributed by atoms with Crippen molar-refractivity contribution in [1.29, 1.82) is 0 Å². The maximum atomic E-state index is 10.6. The van der Waals surface area contributed by atoms with Crippen molar-refractivity contribution in [2.75, 3.05) is 12.4 Å². The predicted molar refractivity (Wildman–Crippen MR) is 124 cm³/mol. The minimum atomic E-state index is -5.08. The molecule has 0 bridgehead atoms. The lowest BCUT2D eigenvalue weighted by atomic mass is 10.1. The number of carboxylic acids is 1. The maximum absolute atomic E-state index is 10.6. The van der Waals surface area contributed by atoms with E-state index < -0.39 is 12.1 Å². The summed E-state index contributed by atoms with van der Waals surface area (Å²) >= 11 is 0. The zero-order chi connectivity index (χ0) is 25.3. The van der Waals surface area contributed by atoms with Crippen LogP contribution in [-0.4, -0.2) is 34.3 Å². The number of nitrogens with one attached hydrogen (secondary N) is 1. The quantitative estimate of drug-likeness (QED) is 0.331. The molecule has 2 aromatic carbocycles. The van der Waals surface area contributed by atoms with Gasteiger partial charge < -0.3 is 19.9 Å². The number of hydrogen-bond donors (Lipinski definition) is 2. The molecule has 35 heavy (non-hydrogen) atoms. The van der Waals surface area contributed by atoms with Crippen LogP contribution in [0.4, 0.5) is 24.7 Å². The highest BCUT2D eigenvalue weighted by atomic mass is 19.4. The molecule has 0 aliphatic heterocycles. The molecule has 0 unspecified atom stereocenters. The second-order valence-electron chi connectivity index (χ2n) is 6.86. The number of aromatic nitrogens is 2. The lowest BCUT2D eigenvalue weighted by Gasteiger charge is -2.11. The highest BCUT2D eigenvalue weighted by Gasteiger charge is 2.38. The molecule has 10 heteroatoms. The van der Waals surface area contributed by atoms with Crippen LogP contribution in [0.25, 0.3) is 11.1 Å². The van der Waals surface area contributed by atoms with Crippen molar-refractivity contribution in [3.63, 3.8) is 0 Å². The molecule has 7 nitrogen and oxygen atoms in total. The summed E-state index contributed by atoms with van der Waals surface area (Å²) < 4.78 is 43.1. The highest BCUT2D eigenvalue weighted by molar-refractivity contribution is 5.73. The number of pyridine rings is 2. The first kappa shape index (κ1) is 25.0. The van der Waals surface area contributed by atoms with E-state index in [1.807, 2.05) is 78.9 Å². The molecule has 0 amide bonds. The van der Waals surface area contributed by atoms with Gasteiger partial charge in [0.2, 0.25) is 5.88 Å². The van der Waals surface area contributed by atoms with Gasteiger partial charge in [-0.25, -0.2) is 14.8 Å². The molecule has 0 saturated carbocycles. The summed E-state index contributed by atoms with van der Waals surface area (Å²) in [5.41, 5.74) is 2.81. The Bertz CT molecular complexity index is 1250. The average molecular weight is 483 g/mol. The van der Waals surface area contributed by atoms with Crippen LogP contribution >= 0.6 is 0 Å². The zero-order valence-corrected chi connectivity index (χ0v) is 18.4. The van der Waals surface area contributed by atoms with Crippen molar-refractivity contribution in [3.05, 3.63) is 91.3 Å². The first-order valence-electron chi connectivity index (χ1n) is 10.1. The fourth-order valence-corrected chi connectivity index (χ4v) is 2.78. The van der Waals surface area contributed by atoms with E-state index in [2.05, 4.69) is 15.3 Å². The third kappa shape index (κ3) is 7.46. The van der Waals surface area contributed by atoms with E-state index in [9.17, 15) is 13.2 Å². The van der Waals surface area contributed by atoms with Crippen molar-refractivity contribution >= 4 is 17.5 Å². The molecular formula is C25H20F3N3O4. The first-order chi connectivity index (χ1) is 16.8. The SMILES string of the molecule is COc1cccc(-c2cccnc2Oc2ccc(Nc3ccccn3)cc2)c1.O=C(O)C(F)(F)F. The Hall–Kier alpha value is -4.60. The molecule has 2 aromatic heterocycles. The largest absolute Gasteiger partial charge is 0.497 e. The molecule has 0 radical (unpaired) electrons. The predicted octanol–water partition coefficient (Wildman–Crippen LogP) is 6.32. The number of anilines is 2. The fraction of sp³-hybridized carbons (Fsp3) is 0.0800. The molecule has 0 spiro atoms. The van der Waals surface area contributed by atoms with Crippen LogP contribution in [0.15, 0.2) is 91.3 Å². The lowest BCUT2D eigenvalue weighted by molar-refractivity contribution is -0.192. The molecule has 4 aromatic rings. The molecule has 0 fully saturated rings. The van der Waals surface area contributed by atoms with E-state index in [1.165, 1.54) is 0 Å². The van der Waals surface area contributed by atoms with Crippen molar-refractivity contribution < 1.29 is 32.5 Å². The number of methoxy groups -OCH3 is 1. The van der Waals surface area contributed by atoms with Crippen molar-refractivity contribution in [2.24, 2.45) is 0 Å². The monoisotopic (exact) mass is 483 g/mol. The van der Waals surface area contributed by atoms with E-state index in [0.29, 0.717) is 11.6 Å². The summed E-state index contributed by atoms with van der Waals surface area (Å²) in [4.78, 5) is 17.6. The van der Waals surface area contributed by atoms with E-state index in [0.717, 1.165) is 28.4 Å². The van der Waals surface area contributed by atoms with Gasteiger partial charge in [0.15, 0.2) is 0 Å². The number of rotatable bonds is 6. The Labute approximate surface area is 198 Å². The van der Waals surface area contributed by atoms with Crippen LogP contribution in [0.1, 0.15) is 0 Å². The topological polar surface area (TPSA) is 93.6 Å². The zero-order valence-electron chi connectivity index (χ0n) is 18.4. The average Bonchev–Trinajstić information content (AvgIpc) is 2.86. The summed E-state index contributed by atoms with van der Waals surface area (Å²) in [6, 6.07) is 25.1. The molecule has 0 aliphatic carbocycles. The van der Waals surface area contributed by atoms with Gasteiger partial charge >= 0.3 is 12.1 Å². The summed E-state index contributed by atoms with van der Waals surface area (Å²) in [5, 5.41) is 10.4. The maximum Gasteiger partial charge on any atom is 0.490 e. The van der Waals surface area contributed by atoms with Gasteiger partial charge in [-0.15, -0.1) is 0 Å². The van der Waals surface area contributed by atoms with Gasteiger partial charge in [-0.2, -0.15) is 13.2 Å². The molecule has 0 aliphatic rings. The summed E-state index contributed by atoms with van der Waals surface area (Å²) in [5.74, 6) is 0.0709. The number of ether oxygens (including phenoxy) is 2. The second-order valence-corrected chi connectivity index (χ2v) is 6.86. The van der Waals surface area contributed by atoms with E-state index in [-0.39, 0.29) is 0 Å². The minimum Gasteiger partial charge on any atom is -0.497 e. The number of aliphatic carboxylic acids is 1. The molecule has 2 heterocycles. The van der Waals surface area contributed by atoms with Gasteiger partial charge in [-0.05, 0) is 66.2 Å². The highest BCUT2D eigenvalue weighted by Crippen LogP contribution is 2.33. The number of hydrogen-bond acceptors (Lipinski definition) is 6. The van der Waals surface area contributed by atoms with E-state index >= 15 is 0 Å². The number of nitrogens with zero attached hydrogens (tertiary/aromatic N) is 2. The van der Waals surface area contributed by atoms with Crippen molar-refractivity contribution in [1.82, 2.24) is 9.97 Å². The second kappa shape index (κ2) is 11.5. The van der Waals surface area contributed by atoms with Gasteiger partial charge in [0.25, 0.3) is 0 Å². The summed E-state index contributed by atoms with van der Waals surface area (Å²) in [7, 11) is 1.65. The molecule has 0 atom stereocenters. The van der Waals surface area contributed by atoms with E-state index in [1.54, 1.807) is 19.5 Å². The fourth-order valence-electron chi connectivity index (χ4n) is 2.78.